The SMILES string of the molecule is C[C@H](O)[C@H](C(=O)OCc1ccc([N+](=O)[O-])cc1)N1C(=O)[C@@H](N2C(=O)c3ccc([N+](=O)[O-])cc3C2=O)[C@H]1CO. The molecule has 2 aromatic carbocycles. The van der Waals surface area contributed by atoms with Crippen molar-refractivity contribution >= 4 is 35.1 Å². The fourth-order valence-corrected chi connectivity index (χ4v) is 4.47. The van der Waals surface area contributed by atoms with E-state index in [1.807, 2.05) is 0 Å². The maximum atomic E-state index is 13.1. The van der Waals surface area contributed by atoms with Crippen LogP contribution in [0.5, 0.6) is 0 Å². The molecule has 2 aromatic rings. The van der Waals surface area contributed by atoms with Crippen LogP contribution >= 0.6 is 0 Å². The number of amides is 3. The molecule has 2 N–H and O–H groups in total. The van der Waals surface area contributed by atoms with Crippen LogP contribution < -0.4 is 0 Å². The van der Waals surface area contributed by atoms with Crippen molar-refractivity contribution in [2.75, 3.05) is 6.61 Å². The Kier molecular flexibility index (Phi) is 6.89. The van der Waals surface area contributed by atoms with Crippen molar-refractivity contribution < 1.29 is 44.0 Å². The standard InChI is InChI=1S/C23H20N4O11/c1-11(29)18(23(33)38-10-12-2-4-13(5-3-12)26(34)35)24-17(9-28)19(22(24)32)25-20(30)15-7-6-14(27(36)37)8-16(15)21(25)31/h2-8,11,17-19,28-29H,9-10H2,1H3/t11-,17+,18+,19-/m0/s1. The van der Waals surface area contributed by atoms with E-state index < -0.39 is 70.1 Å². The summed E-state index contributed by atoms with van der Waals surface area (Å²) in [6.07, 6.45) is -1.48. The van der Waals surface area contributed by atoms with Crippen molar-refractivity contribution in [2.45, 2.75) is 37.8 Å². The zero-order valence-electron chi connectivity index (χ0n) is 19.6. The van der Waals surface area contributed by atoms with Crippen LogP contribution in [0, 0.1) is 20.2 Å². The third kappa shape index (κ3) is 4.33. The maximum Gasteiger partial charge on any atom is 0.331 e. The molecule has 0 spiro atoms. The van der Waals surface area contributed by atoms with Crippen LogP contribution in [0.1, 0.15) is 33.2 Å². The summed E-state index contributed by atoms with van der Waals surface area (Å²) in [6, 6.07) is 3.78. The lowest BCUT2D eigenvalue weighted by atomic mass is 9.90. The highest BCUT2D eigenvalue weighted by Crippen LogP contribution is 2.36. The number of carbonyl (C=O) groups excluding carboxylic acids is 4. The fraction of sp³-hybridized carbons (Fsp3) is 0.304. The molecule has 1 fully saturated rings. The summed E-state index contributed by atoms with van der Waals surface area (Å²) in [5.41, 5.74) is -0.649. The number of nitrogens with zero attached hydrogens (tertiary/aromatic N) is 4. The molecule has 0 radical (unpaired) electrons. The molecule has 4 rings (SSSR count). The van der Waals surface area contributed by atoms with Crippen LogP contribution in [0.2, 0.25) is 0 Å². The van der Waals surface area contributed by atoms with Gasteiger partial charge in [0.2, 0.25) is 5.91 Å². The van der Waals surface area contributed by atoms with Crippen LogP contribution in [0.4, 0.5) is 11.4 Å². The summed E-state index contributed by atoms with van der Waals surface area (Å²) >= 11 is 0. The van der Waals surface area contributed by atoms with Crippen molar-refractivity contribution in [1.82, 2.24) is 9.80 Å². The van der Waals surface area contributed by atoms with Gasteiger partial charge in [-0.2, -0.15) is 0 Å². The molecule has 15 heteroatoms. The van der Waals surface area contributed by atoms with Gasteiger partial charge in [-0.25, -0.2) is 4.79 Å². The van der Waals surface area contributed by atoms with Crippen molar-refractivity contribution in [3.63, 3.8) is 0 Å². The molecule has 0 bridgehead atoms. The zero-order chi connectivity index (χ0) is 27.9. The number of fused-ring (bicyclic) bond motifs is 1. The first-order chi connectivity index (χ1) is 18.0. The van der Waals surface area contributed by atoms with E-state index in [9.17, 15) is 49.6 Å². The van der Waals surface area contributed by atoms with Crippen LogP contribution in [0.3, 0.4) is 0 Å². The Balaban J connectivity index is 1.52. The van der Waals surface area contributed by atoms with E-state index >= 15 is 0 Å². The first-order valence-electron chi connectivity index (χ1n) is 11.1. The first-order valence-corrected chi connectivity index (χ1v) is 11.1. The maximum absolute atomic E-state index is 13.1. The van der Waals surface area contributed by atoms with Crippen molar-refractivity contribution in [3.8, 4) is 0 Å². The van der Waals surface area contributed by atoms with E-state index in [1.165, 1.54) is 31.2 Å². The van der Waals surface area contributed by atoms with Crippen molar-refractivity contribution in [3.05, 3.63) is 79.4 Å². The predicted molar refractivity (Wildman–Crippen MR) is 123 cm³/mol. The van der Waals surface area contributed by atoms with Crippen LogP contribution in [0.25, 0.3) is 0 Å². The number of benzene rings is 2. The second kappa shape index (κ2) is 9.95. The van der Waals surface area contributed by atoms with Gasteiger partial charge in [0, 0.05) is 24.3 Å². The number of non-ortho nitro benzene ring substituents is 2. The minimum atomic E-state index is -1.61. The number of esters is 1. The molecule has 2 aliphatic rings. The Morgan fingerprint density at radius 2 is 1.58 bits per heavy atom. The predicted octanol–water partition coefficient (Wildman–Crippen LogP) is 0.163. The summed E-state index contributed by atoms with van der Waals surface area (Å²) in [7, 11) is 0. The Morgan fingerprint density at radius 1 is 1.00 bits per heavy atom. The Labute approximate surface area is 213 Å². The largest absolute Gasteiger partial charge is 0.459 e. The number of aliphatic hydroxyl groups excluding tert-OH is 2. The number of rotatable bonds is 9. The van der Waals surface area contributed by atoms with Crippen LogP contribution in [-0.4, -0.2) is 84.4 Å². The number of nitro groups is 2. The molecule has 0 aromatic heterocycles. The summed E-state index contributed by atoms with van der Waals surface area (Å²) in [4.78, 5) is 73.7. The third-order valence-corrected chi connectivity index (χ3v) is 6.33. The van der Waals surface area contributed by atoms with Gasteiger partial charge in [-0.1, -0.05) is 0 Å². The number of likely N-dealkylation sites (tertiary alicyclic amines) is 1. The van der Waals surface area contributed by atoms with Gasteiger partial charge < -0.3 is 19.8 Å². The van der Waals surface area contributed by atoms with Gasteiger partial charge in [0.15, 0.2) is 6.04 Å². The van der Waals surface area contributed by atoms with Crippen molar-refractivity contribution in [2.24, 2.45) is 0 Å². The first kappa shape index (κ1) is 26.3. The Hall–Kier alpha value is -4.76. The lowest BCUT2D eigenvalue weighted by molar-refractivity contribution is -0.385. The number of ether oxygens (including phenoxy) is 1. The molecule has 0 saturated carbocycles. The molecule has 198 valence electrons. The zero-order valence-corrected chi connectivity index (χ0v) is 19.6. The number of hydrogen-bond donors (Lipinski definition) is 2. The lowest BCUT2D eigenvalue weighted by Gasteiger charge is -2.51. The van der Waals surface area contributed by atoms with Crippen LogP contribution in [0.15, 0.2) is 42.5 Å². The second-order valence-corrected chi connectivity index (χ2v) is 8.62. The quantitative estimate of drug-likeness (QED) is 0.147. The molecule has 3 amide bonds. The van der Waals surface area contributed by atoms with E-state index in [2.05, 4.69) is 0 Å². The van der Waals surface area contributed by atoms with Gasteiger partial charge in [-0.3, -0.25) is 39.5 Å². The fourth-order valence-electron chi connectivity index (χ4n) is 4.47. The van der Waals surface area contributed by atoms with E-state index in [-0.39, 0.29) is 23.4 Å². The van der Waals surface area contributed by atoms with E-state index in [1.54, 1.807) is 0 Å². The van der Waals surface area contributed by atoms with Gasteiger partial charge in [0.25, 0.3) is 23.2 Å². The average molecular weight is 528 g/mol. The lowest BCUT2D eigenvalue weighted by Crippen LogP contribution is -2.77. The molecular formula is C23H20N4O11. The molecule has 0 aliphatic carbocycles. The number of nitro benzene ring substituents is 2. The molecule has 4 atom stereocenters. The van der Waals surface area contributed by atoms with Crippen molar-refractivity contribution in [1.29, 1.82) is 0 Å². The topological polar surface area (TPSA) is 211 Å². The number of hydrogen-bond acceptors (Lipinski definition) is 11. The molecule has 38 heavy (non-hydrogen) atoms. The number of β-lactam (4-membered cyclic amide) rings is 1. The minimum Gasteiger partial charge on any atom is -0.459 e. The monoisotopic (exact) mass is 528 g/mol. The molecule has 0 unspecified atom stereocenters. The number of imide groups is 1. The highest BCUT2D eigenvalue weighted by molar-refractivity contribution is 6.23. The van der Waals surface area contributed by atoms with Gasteiger partial charge >= 0.3 is 5.97 Å². The van der Waals surface area contributed by atoms with Crippen LogP contribution in [-0.2, 0) is 20.9 Å². The van der Waals surface area contributed by atoms with Gasteiger partial charge in [0.1, 0.15) is 12.6 Å². The summed E-state index contributed by atoms with van der Waals surface area (Å²) in [5.74, 6) is -3.85. The molecular weight excluding hydrogens is 508 g/mol. The smallest absolute Gasteiger partial charge is 0.331 e. The molecule has 1 saturated heterocycles. The number of aliphatic hydroxyl groups is 2. The molecule has 2 aliphatic heterocycles. The van der Waals surface area contributed by atoms with E-state index in [4.69, 9.17) is 4.74 Å². The molecule has 2 heterocycles. The van der Waals surface area contributed by atoms with E-state index in [0.717, 1.165) is 23.1 Å². The summed E-state index contributed by atoms with van der Waals surface area (Å²) in [5, 5.41) is 42.1. The summed E-state index contributed by atoms with van der Waals surface area (Å²) in [6.45, 7) is 0.0727. The Bertz CT molecular complexity index is 1360. The summed E-state index contributed by atoms with van der Waals surface area (Å²) < 4.78 is 5.18. The minimum absolute atomic E-state index is 0.155. The highest BCUT2D eigenvalue weighted by atomic mass is 16.6. The highest BCUT2D eigenvalue weighted by Gasteiger charge is 2.59. The van der Waals surface area contributed by atoms with E-state index in [0.29, 0.717) is 10.5 Å². The average Bonchev–Trinajstić information content (AvgIpc) is 3.12. The molecule has 15 nitrogen and oxygen atoms in total. The second-order valence-electron chi connectivity index (χ2n) is 8.62. The third-order valence-electron chi connectivity index (χ3n) is 6.33. The van der Waals surface area contributed by atoms with Gasteiger partial charge in [-0.15, -0.1) is 0 Å². The normalized spacial score (nSPS) is 20.0. The van der Waals surface area contributed by atoms with Gasteiger partial charge in [0.05, 0.1) is 39.7 Å². The van der Waals surface area contributed by atoms with Gasteiger partial charge in [-0.05, 0) is 30.7 Å². The Morgan fingerprint density at radius 3 is 2.13 bits per heavy atom. The number of carbonyl (C=O) groups is 4.